The van der Waals surface area contributed by atoms with E-state index in [1.807, 2.05) is 44.2 Å². The molecule has 5 atom stereocenters. The predicted octanol–water partition coefficient (Wildman–Crippen LogP) is 1.73. The second-order valence-corrected chi connectivity index (χ2v) is 7.00. The van der Waals surface area contributed by atoms with Crippen molar-refractivity contribution in [3.05, 3.63) is 35.9 Å². The van der Waals surface area contributed by atoms with Crippen LogP contribution in [0.25, 0.3) is 0 Å². The third kappa shape index (κ3) is 4.42. The Morgan fingerprint density at radius 3 is 2.69 bits per heavy atom. The Morgan fingerprint density at radius 2 is 2.00 bits per heavy atom. The normalized spacial score (nSPS) is 30.8. The van der Waals surface area contributed by atoms with Crippen molar-refractivity contribution in [3.63, 3.8) is 0 Å². The summed E-state index contributed by atoms with van der Waals surface area (Å²) in [6, 6.07) is 9.25. The molecule has 2 aliphatic rings. The Kier molecular flexibility index (Phi) is 5.94. The number of rotatable bonds is 7. The second-order valence-electron chi connectivity index (χ2n) is 7.00. The van der Waals surface area contributed by atoms with E-state index in [0.717, 1.165) is 5.56 Å². The molecule has 0 aliphatic carbocycles. The molecule has 7 nitrogen and oxygen atoms in total. The van der Waals surface area contributed by atoms with E-state index in [1.165, 1.54) is 0 Å². The van der Waals surface area contributed by atoms with Gasteiger partial charge in [0.2, 0.25) is 0 Å². The average molecular weight is 365 g/mol. The first kappa shape index (κ1) is 19.3. The van der Waals surface area contributed by atoms with Crippen LogP contribution in [0.4, 0.5) is 0 Å². The van der Waals surface area contributed by atoms with Gasteiger partial charge in [-0.15, -0.1) is 0 Å². The molecule has 0 aromatic heterocycles. The number of fused-ring (bicyclic) bond motifs is 1. The predicted molar refractivity (Wildman–Crippen MR) is 92.9 cm³/mol. The quantitative estimate of drug-likeness (QED) is 0.736. The zero-order chi connectivity index (χ0) is 18.7. The summed E-state index contributed by atoms with van der Waals surface area (Å²) >= 11 is 0. The summed E-state index contributed by atoms with van der Waals surface area (Å²) in [5.41, 5.74) is 7.26. The van der Waals surface area contributed by atoms with Gasteiger partial charge in [0.25, 0.3) is 0 Å². The van der Waals surface area contributed by atoms with Crippen molar-refractivity contribution in [1.82, 2.24) is 0 Å². The van der Waals surface area contributed by atoms with Crippen molar-refractivity contribution in [2.24, 2.45) is 5.73 Å². The van der Waals surface area contributed by atoms with Crippen LogP contribution in [0.5, 0.6) is 0 Å². The molecule has 1 unspecified atom stereocenters. The van der Waals surface area contributed by atoms with Crippen LogP contribution in [-0.2, 0) is 35.1 Å². The first-order chi connectivity index (χ1) is 12.4. The molecule has 2 saturated heterocycles. The lowest BCUT2D eigenvalue weighted by atomic mass is 10.0. The standard InChI is InChI=1S/C19H27NO6/c1-4-22-14(21)10-13(20)15-16(23-11-12-8-6-5-7-9-12)17-18(24-15)26-19(2,3)25-17/h5-9,13,15-18H,4,10-11,20H2,1-3H3/t13?,15-,16+,17-,18-/m1/s1. The van der Waals surface area contributed by atoms with Gasteiger partial charge in [-0.1, -0.05) is 30.3 Å². The maximum Gasteiger partial charge on any atom is 0.307 e. The van der Waals surface area contributed by atoms with Crippen LogP contribution in [0.1, 0.15) is 32.8 Å². The number of ether oxygens (including phenoxy) is 5. The smallest absolute Gasteiger partial charge is 0.307 e. The molecule has 2 N–H and O–H groups in total. The SMILES string of the molecule is CCOC(=O)CC(N)[C@H]1O[C@@H]2OC(C)(C)O[C@@H]2[C@H]1OCc1ccccc1. The van der Waals surface area contributed by atoms with E-state index in [0.29, 0.717) is 13.2 Å². The van der Waals surface area contributed by atoms with Crippen LogP contribution in [0.2, 0.25) is 0 Å². The van der Waals surface area contributed by atoms with Gasteiger partial charge in [-0.3, -0.25) is 4.79 Å². The Labute approximate surface area is 153 Å². The molecular formula is C19H27NO6. The highest BCUT2D eigenvalue weighted by atomic mass is 16.8. The lowest BCUT2D eigenvalue weighted by Gasteiger charge is -2.29. The van der Waals surface area contributed by atoms with E-state index in [-0.39, 0.29) is 12.4 Å². The van der Waals surface area contributed by atoms with Crippen LogP contribution in [0.15, 0.2) is 30.3 Å². The summed E-state index contributed by atoms with van der Waals surface area (Å²) < 4.78 is 28.8. The molecular weight excluding hydrogens is 338 g/mol. The van der Waals surface area contributed by atoms with Gasteiger partial charge < -0.3 is 29.4 Å². The molecule has 3 rings (SSSR count). The van der Waals surface area contributed by atoms with Crippen molar-refractivity contribution >= 4 is 5.97 Å². The molecule has 0 spiro atoms. The zero-order valence-electron chi connectivity index (χ0n) is 15.4. The minimum absolute atomic E-state index is 0.0482. The lowest BCUT2D eigenvalue weighted by molar-refractivity contribution is -0.221. The fourth-order valence-corrected chi connectivity index (χ4v) is 3.33. The first-order valence-corrected chi connectivity index (χ1v) is 8.97. The van der Waals surface area contributed by atoms with E-state index in [4.69, 9.17) is 29.4 Å². The Hall–Kier alpha value is -1.51. The van der Waals surface area contributed by atoms with Gasteiger partial charge in [-0.2, -0.15) is 0 Å². The zero-order valence-corrected chi connectivity index (χ0v) is 15.4. The number of carbonyl (C=O) groups excluding carboxylic acids is 1. The molecule has 144 valence electrons. The van der Waals surface area contributed by atoms with Gasteiger partial charge in [0.1, 0.15) is 18.3 Å². The molecule has 0 bridgehead atoms. The largest absolute Gasteiger partial charge is 0.466 e. The molecule has 0 amide bonds. The first-order valence-electron chi connectivity index (χ1n) is 8.97. The number of carbonyl (C=O) groups is 1. The lowest BCUT2D eigenvalue weighted by Crippen LogP contribution is -2.47. The summed E-state index contributed by atoms with van der Waals surface area (Å²) in [5, 5.41) is 0. The third-order valence-corrected chi connectivity index (χ3v) is 4.44. The maximum absolute atomic E-state index is 11.8. The van der Waals surface area contributed by atoms with Crippen molar-refractivity contribution in [2.45, 2.75) is 70.2 Å². The van der Waals surface area contributed by atoms with Crippen LogP contribution in [0, 0.1) is 0 Å². The highest BCUT2D eigenvalue weighted by Crippen LogP contribution is 2.40. The molecule has 26 heavy (non-hydrogen) atoms. The molecule has 0 saturated carbocycles. The molecule has 2 aliphatic heterocycles. The Balaban J connectivity index is 1.69. The Morgan fingerprint density at radius 1 is 1.27 bits per heavy atom. The van der Waals surface area contributed by atoms with Crippen molar-refractivity contribution in [1.29, 1.82) is 0 Å². The summed E-state index contributed by atoms with van der Waals surface area (Å²) in [5.74, 6) is -1.11. The fourth-order valence-electron chi connectivity index (χ4n) is 3.33. The number of esters is 1. The molecule has 2 fully saturated rings. The molecule has 0 radical (unpaired) electrons. The highest BCUT2D eigenvalue weighted by Gasteiger charge is 2.56. The van der Waals surface area contributed by atoms with Gasteiger partial charge >= 0.3 is 5.97 Å². The number of hydrogen-bond donors (Lipinski definition) is 1. The van der Waals surface area contributed by atoms with Gasteiger partial charge in [0.05, 0.1) is 19.6 Å². The monoisotopic (exact) mass is 365 g/mol. The van der Waals surface area contributed by atoms with E-state index in [1.54, 1.807) is 6.92 Å². The minimum atomic E-state index is -0.750. The van der Waals surface area contributed by atoms with Gasteiger partial charge in [0.15, 0.2) is 12.1 Å². The molecule has 1 aromatic rings. The van der Waals surface area contributed by atoms with E-state index >= 15 is 0 Å². The number of nitrogens with two attached hydrogens (primary N) is 1. The van der Waals surface area contributed by atoms with Gasteiger partial charge in [-0.25, -0.2) is 0 Å². The van der Waals surface area contributed by atoms with Crippen LogP contribution < -0.4 is 5.73 Å². The van der Waals surface area contributed by atoms with E-state index < -0.39 is 36.4 Å². The fraction of sp³-hybridized carbons (Fsp3) is 0.632. The maximum atomic E-state index is 11.8. The van der Waals surface area contributed by atoms with E-state index in [9.17, 15) is 4.79 Å². The van der Waals surface area contributed by atoms with Crippen LogP contribution in [-0.4, -0.2) is 49.0 Å². The van der Waals surface area contributed by atoms with Crippen molar-refractivity contribution in [2.75, 3.05) is 6.61 Å². The topological polar surface area (TPSA) is 89.2 Å². The Bertz CT molecular complexity index is 607. The average Bonchev–Trinajstić information content (AvgIpc) is 3.06. The summed E-state index contributed by atoms with van der Waals surface area (Å²) in [6.07, 6.45) is -1.87. The highest BCUT2D eigenvalue weighted by molar-refractivity contribution is 5.70. The number of benzene rings is 1. The van der Waals surface area contributed by atoms with Crippen LogP contribution in [0.3, 0.4) is 0 Å². The summed E-state index contributed by atoms with van der Waals surface area (Å²) in [4.78, 5) is 11.8. The van der Waals surface area contributed by atoms with Crippen LogP contribution >= 0.6 is 0 Å². The van der Waals surface area contributed by atoms with Crippen molar-refractivity contribution in [3.8, 4) is 0 Å². The minimum Gasteiger partial charge on any atom is -0.466 e. The summed E-state index contributed by atoms with van der Waals surface area (Å²) in [6.45, 7) is 6.13. The van der Waals surface area contributed by atoms with E-state index in [2.05, 4.69) is 0 Å². The second kappa shape index (κ2) is 8.02. The van der Waals surface area contributed by atoms with Gasteiger partial charge in [0, 0.05) is 6.04 Å². The third-order valence-electron chi connectivity index (χ3n) is 4.44. The number of hydrogen-bond acceptors (Lipinski definition) is 7. The van der Waals surface area contributed by atoms with Crippen molar-refractivity contribution < 1.29 is 28.5 Å². The molecule has 7 heteroatoms. The molecule has 2 heterocycles. The molecule has 1 aromatic carbocycles. The van der Waals surface area contributed by atoms with Gasteiger partial charge in [-0.05, 0) is 26.3 Å². The summed E-state index contributed by atoms with van der Waals surface area (Å²) in [7, 11) is 0.